The van der Waals surface area contributed by atoms with Crippen molar-refractivity contribution in [1.82, 2.24) is 5.32 Å². The van der Waals surface area contributed by atoms with Crippen LogP contribution in [0.4, 0.5) is 0 Å². The molecule has 0 saturated carbocycles. The van der Waals surface area contributed by atoms with Crippen molar-refractivity contribution < 1.29 is 4.74 Å². The molecule has 1 N–H and O–H groups in total. The number of rotatable bonds is 5. The van der Waals surface area contributed by atoms with E-state index in [-0.39, 0.29) is 0 Å². The van der Waals surface area contributed by atoms with Gasteiger partial charge in [0.1, 0.15) is 12.4 Å². The van der Waals surface area contributed by atoms with Crippen LogP contribution in [0.2, 0.25) is 0 Å². The lowest BCUT2D eigenvalue weighted by molar-refractivity contribution is 0.305. The third kappa shape index (κ3) is 3.12. The third-order valence-electron chi connectivity index (χ3n) is 2.84. The Hall–Kier alpha value is -1.32. The Morgan fingerprint density at radius 1 is 1.22 bits per heavy atom. The molecule has 0 aliphatic carbocycles. The van der Waals surface area contributed by atoms with Crippen molar-refractivity contribution in [2.45, 2.75) is 27.0 Å². The van der Waals surface area contributed by atoms with Crippen LogP contribution in [0.15, 0.2) is 29.6 Å². The largest absolute Gasteiger partial charge is 0.488 e. The van der Waals surface area contributed by atoms with Crippen LogP contribution in [-0.2, 0) is 13.2 Å². The summed E-state index contributed by atoms with van der Waals surface area (Å²) in [6.45, 7) is 5.77. The lowest BCUT2D eigenvalue weighted by atomic mass is 10.1. The van der Waals surface area contributed by atoms with Crippen LogP contribution < -0.4 is 10.1 Å². The predicted octanol–water partition coefficient (Wildman–Crippen LogP) is 3.66. The zero-order valence-electron chi connectivity index (χ0n) is 11.1. The summed E-state index contributed by atoms with van der Waals surface area (Å²) in [5.74, 6) is 1.02. The van der Waals surface area contributed by atoms with Gasteiger partial charge in [0.2, 0.25) is 0 Å². The molecule has 2 nitrogen and oxygen atoms in total. The fraction of sp³-hybridized carbons (Fsp3) is 0.333. The maximum absolute atomic E-state index is 5.94. The topological polar surface area (TPSA) is 21.3 Å². The minimum absolute atomic E-state index is 0.657. The molecule has 2 aromatic rings. The number of hydrogen-bond acceptors (Lipinski definition) is 3. The van der Waals surface area contributed by atoms with Gasteiger partial charge < -0.3 is 10.1 Å². The Morgan fingerprint density at radius 2 is 1.94 bits per heavy atom. The van der Waals surface area contributed by atoms with Crippen molar-refractivity contribution in [1.29, 1.82) is 0 Å². The van der Waals surface area contributed by atoms with Crippen molar-refractivity contribution in [3.63, 3.8) is 0 Å². The van der Waals surface area contributed by atoms with E-state index in [2.05, 4.69) is 48.8 Å². The van der Waals surface area contributed by atoms with Crippen molar-refractivity contribution >= 4 is 11.3 Å². The van der Waals surface area contributed by atoms with E-state index in [4.69, 9.17) is 4.74 Å². The Bertz CT molecular complexity index is 482. The average molecular weight is 261 g/mol. The van der Waals surface area contributed by atoms with E-state index < -0.39 is 0 Å². The number of thiophene rings is 1. The zero-order valence-corrected chi connectivity index (χ0v) is 11.9. The highest BCUT2D eigenvalue weighted by Gasteiger charge is 2.07. The summed E-state index contributed by atoms with van der Waals surface area (Å²) < 4.78 is 5.94. The molecule has 0 radical (unpaired) electrons. The Morgan fingerprint density at radius 3 is 2.50 bits per heavy atom. The van der Waals surface area contributed by atoms with Crippen LogP contribution in [0.3, 0.4) is 0 Å². The van der Waals surface area contributed by atoms with Crippen LogP contribution in [0.1, 0.15) is 21.6 Å². The third-order valence-corrected chi connectivity index (χ3v) is 3.69. The summed E-state index contributed by atoms with van der Waals surface area (Å²) in [6.07, 6.45) is 0. The van der Waals surface area contributed by atoms with Gasteiger partial charge in [-0.3, -0.25) is 0 Å². The number of nitrogens with one attached hydrogen (secondary N) is 1. The van der Waals surface area contributed by atoms with Gasteiger partial charge in [0.05, 0.1) is 0 Å². The summed E-state index contributed by atoms with van der Waals surface area (Å²) >= 11 is 1.73. The fourth-order valence-electron chi connectivity index (χ4n) is 2.11. The molecule has 0 spiro atoms. The Balaban J connectivity index is 2.12. The number of aryl methyl sites for hydroxylation is 2. The lowest BCUT2D eigenvalue weighted by Gasteiger charge is -2.13. The van der Waals surface area contributed by atoms with Crippen LogP contribution in [0, 0.1) is 13.8 Å². The maximum atomic E-state index is 5.94. The second kappa shape index (κ2) is 6.03. The lowest BCUT2D eigenvalue weighted by Crippen LogP contribution is -2.06. The van der Waals surface area contributed by atoms with Gasteiger partial charge in [0, 0.05) is 11.4 Å². The van der Waals surface area contributed by atoms with Crippen LogP contribution in [-0.4, -0.2) is 7.05 Å². The molecule has 0 saturated heterocycles. The minimum Gasteiger partial charge on any atom is -0.488 e. The first-order chi connectivity index (χ1) is 8.70. The normalized spacial score (nSPS) is 10.6. The van der Waals surface area contributed by atoms with E-state index >= 15 is 0 Å². The minimum atomic E-state index is 0.657. The number of benzene rings is 1. The van der Waals surface area contributed by atoms with Gasteiger partial charge in [-0.2, -0.15) is 0 Å². The smallest absolute Gasteiger partial charge is 0.125 e. The van der Waals surface area contributed by atoms with Crippen molar-refractivity contribution in [2.75, 3.05) is 7.05 Å². The first-order valence-corrected chi connectivity index (χ1v) is 6.98. The molecule has 0 fully saturated rings. The molecule has 1 heterocycles. The highest BCUT2D eigenvalue weighted by molar-refractivity contribution is 7.09. The van der Waals surface area contributed by atoms with Crippen molar-refractivity contribution in [3.8, 4) is 5.75 Å². The van der Waals surface area contributed by atoms with Gasteiger partial charge in [-0.25, -0.2) is 0 Å². The molecule has 0 atom stereocenters. The summed E-state index contributed by atoms with van der Waals surface area (Å²) in [4.78, 5) is 1.26. The van der Waals surface area contributed by atoms with E-state index in [9.17, 15) is 0 Å². The molecule has 96 valence electrons. The zero-order chi connectivity index (χ0) is 13.0. The number of hydrogen-bond donors (Lipinski definition) is 1. The van der Waals surface area contributed by atoms with E-state index in [1.54, 1.807) is 11.3 Å². The van der Waals surface area contributed by atoms with E-state index in [0.29, 0.717) is 6.61 Å². The van der Waals surface area contributed by atoms with Gasteiger partial charge in [0.15, 0.2) is 0 Å². The predicted molar refractivity (Wildman–Crippen MR) is 77.3 cm³/mol. The molecule has 3 heteroatoms. The summed E-state index contributed by atoms with van der Waals surface area (Å²) in [5, 5.41) is 5.25. The summed E-state index contributed by atoms with van der Waals surface area (Å²) in [5.41, 5.74) is 3.71. The van der Waals surface area contributed by atoms with Gasteiger partial charge in [0.25, 0.3) is 0 Å². The highest BCUT2D eigenvalue weighted by Crippen LogP contribution is 2.26. The average Bonchev–Trinajstić information content (AvgIpc) is 2.81. The van der Waals surface area contributed by atoms with Gasteiger partial charge in [-0.15, -0.1) is 11.3 Å². The maximum Gasteiger partial charge on any atom is 0.125 e. The summed E-state index contributed by atoms with van der Waals surface area (Å²) in [7, 11) is 1.96. The molecule has 1 aromatic heterocycles. The summed E-state index contributed by atoms with van der Waals surface area (Å²) in [6, 6.07) is 8.53. The molecule has 18 heavy (non-hydrogen) atoms. The molecule has 2 rings (SSSR count). The Labute approximate surface area is 113 Å². The number of ether oxygens (including phenoxy) is 1. The van der Waals surface area contributed by atoms with Crippen LogP contribution in [0.5, 0.6) is 5.75 Å². The fourth-order valence-corrected chi connectivity index (χ4v) is 2.73. The molecule has 0 bridgehead atoms. The molecule has 0 amide bonds. The van der Waals surface area contributed by atoms with Gasteiger partial charge in [-0.05, 0) is 49.0 Å². The van der Waals surface area contributed by atoms with Crippen molar-refractivity contribution in [3.05, 3.63) is 51.2 Å². The molecular formula is C15H19NOS. The van der Waals surface area contributed by atoms with Crippen molar-refractivity contribution in [2.24, 2.45) is 0 Å². The SMILES string of the molecule is CNCc1cc(C)c(OCc2cccs2)c(C)c1. The Kier molecular flexibility index (Phi) is 4.39. The molecule has 0 aliphatic rings. The van der Waals surface area contributed by atoms with Gasteiger partial charge >= 0.3 is 0 Å². The van der Waals surface area contributed by atoms with Crippen LogP contribution >= 0.6 is 11.3 Å². The molecule has 0 unspecified atom stereocenters. The monoisotopic (exact) mass is 261 g/mol. The second-order valence-corrected chi connectivity index (χ2v) is 5.49. The van der Waals surface area contributed by atoms with E-state index in [1.807, 2.05) is 7.05 Å². The molecular weight excluding hydrogens is 242 g/mol. The quantitative estimate of drug-likeness (QED) is 0.887. The van der Waals surface area contributed by atoms with Crippen LogP contribution in [0.25, 0.3) is 0 Å². The molecule has 1 aromatic carbocycles. The van der Waals surface area contributed by atoms with E-state index in [0.717, 1.165) is 12.3 Å². The highest BCUT2D eigenvalue weighted by atomic mass is 32.1. The van der Waals surface area contributed by atoms with E-state index in [1.165, 1.54) is 21.6 Å². The second-order valence-electron chi connectivity index (χ2n) is 4.46. The first kappa shape index (κ1) is 13.1. The molecule has 0 aliphatic heterocycles. The van der Waals surface area contributed by atoms with Gasteiger partial charge in [-0.1, -0.05) is 18.2 Å². The standard InChI is InChI=1S/C15H19NOS/c1-11-7-13(9-16-3)8-12(2)15(11)17-10-14-5-4-6-18-14/h4-8,16H,9-10H2,1-3H3. The first-order valence-electron chi connectivity index (χ1n) is 6.10.